The average Bonchev–Trinajstić information content (AvgIpc) is 3.19. The lowest BCUT2D eigenvalue weighted by Gasteiger charge is -2.17. The zero-order chi connectivity index (χ0) is 24.0. The number of benzene rings is 2. The average molecular weight is 491 g/mol. The third-order valence-corrected chi connectivity index (χ3v) is 5.98. The standard InChI is InChI=1S/C23H24ClFN4O3S/c1-5-11-29-21(14(2)32-18-8-6-7-17(13-18)31-4)27-28-23(29)33-15(3)22(30)26-16-9-10-20(25)19(24)12-16/h5-10,12-15H,1,11H2,2-4H3,(H,26,30). The fraction of sp³-hybridized carbons (Fsp3) is 0.261. The minimum absolute atomic E-state index is 0.0616. The SMILES string of the molecule is C=CCn1c(SC(C)C(=O)Nc2ccc(F)c(Cl)c2)nnc1C(C)Oc1cccc(OC)c1. The number of nitrogens with one attached hydrogen (secondary N) is 1. The largest absolute Gasteiger partial charge is 0.497 e. The number of methoxy groups -OCH3 is 1. The fourth-order valence-electron chi connectivity index (χ4n) is 2.95. The van der Waals surface area contributed by atoms with Crippen LogP contribution in [0.1, 0.15) is 25.8 Å². The molecule has 0 spiro atoms. The second kappa shape index (κ2) is 11.2. The summed E-state index contributed by atoms with van der Waals surface area (Å²) in [5.74, 6) is 1.09. The second-order valence-electron chi connectivity index (χ2n) is 7.06. The predicted octanol–water partition coefficient (Wildman–Crippen LogP) is 5.52. The van der Waals surface area contributed by atoms with Crippen molar-refractivity contribution < 1.29 is 18.7 Å². The molecule has 0 saturated carbocycles. The molecular weight excluding hydrogens is 467 g/mol. The molecule has 33 heavy (non-hydrogen) atoms. The molecule has 3 rings (SSSR count). The van der Waals surface area contributed by atoms with E-state index in [0.717, 1.165) is 0 Å². The predicted molar refractivity (Wildman–Crippen MR) is 128 cm³/mol. The number of nitrogens with zero attached hydrogens (tertiary/aromatic N) is 3. The van der Waals surface area contributed by atoms with Gasteiger partial charge in [0.2, 0.25) is 5.91 Å². The molecule has 0 radical (unpaired) electrons. The van der Waals surface area contributed by atoms with Crippen molar-refractivity contribution in [2.45, 2.75) is 36.9 Å². The van der Waals surface area contributed by atoms with E-state index in [2.05, 4.69) is 22.1 Å². The Labute approximate surface area is 200 Å². The quantitative estimate of drug-likeness (QED) is 0.297. The highest BCUT2D eigenvalue weighted by atomic mass is 35.5. The number of halogens is 2. The highest BCUT2D eigenvalue weighted by molar-refractivity contribution is 8.00. The molecule has 0 fully saturated rings. The second-order valence-corrected chi connectivity index (χ2v) is 8.77. The Bertz CT molecular complexity index is 1140. The van der Waals surface area contributed by atoms with Crippen LogP contribution in [0.15, 0.2) is 60.3 Å². The maximum Gasteiger partial charge on any atom is 0.237 e. The number of carbonyl (C=O) groups is 1. The number of carbonyl (C=O) groups excluding carboxylic acids is 1. The van der Waals surface area contributed by atoms with Gasteiger partial charge in [0.15, 0.2) is 17.1 Å². The van der Waals surface area contributed by atoms with E-state index in [1.807, 2.05) is 29.7 Å². The molecule has 0 aliphatic carbocycles. The number of allylic oxidation sites excluding steroid dienone is 1. The number of hydrogen-bond donors (Lipinski definition) is 1. The van der Waals surface area contributed by atoms with Crippen LogP contribution in [0.5, 0.6) is 11.5 Å². The molecule has 0 aliphatic rings. The van der Waals surface area contributed by atoms with Gasteiger partial charge in [-0.3, -0.25) is 9.36 Å². The molecule has 0 bridgehead atoms. The van der Waals surface area contributed by atoms with Crippen LogP contribution in [0.3, 0.4) is 0 Å². The number of aromatic nitrogens is 3. The smallest absolute Gasteiger partial charge is 0.237 e. The summed E-state index contributed by atoms with van der Waals surface area (Å²) in [6.45, 7) is 7.86. The van der Waals surface area contributed by atoms with Crippen LogP contribution in [-0.2, 0) is 11.3 Å². The molecule has 2 atom stereocenters. The Morgan fingerprint density at radius 1 is 1.27 bits per heavy atom. The maximum absolute atomic E-state index is 13.4. The third kappa shape index (κ3) is 6.27. The molecule has 10 heteroatoms. The van der Waals surface area contributed by atoms with Gasteiger partial charge in [0.25, 0.3) is 0 Å². The Morgan fingerprint density at radius 2 is 2.03 bits per heavy atom. The van der Waals surface area contributed by atoms with Gasteiger partial charge in [0.05, 0.1) is 17.4 Å². The molecule has 1 heterocycles. The lowest BCUT2D eigenvalue weighted by atomic mass is 10.3. The van der Waals surface area contributed by atoms with Crippen LogP contribution in [0, 0.1) is 5.82 Å². The van der Waals surface area contributed by atoms with Crippen molar-refractivity contribution in [1.29, 1.82) is 0 Å². The highest BCUT2D eigenvalue weighted by Crippen LogP contribution is 2.29. The van der Waals surface area contributed by atoms with E-state index in [1.54, 1.807) is 26.2 Å². The van der Waals surface area contributed by atoms with E-state index in [0.29, 0.717) is 34.7 Å². The zero-order valence-corrected chi connectivity index (χ0v) is 20.0. The van der Waals surface area contributed by atoms with E-state index in [9.17, 15) is 9.18 Å². The van der Waals surface area contributed by atoms with Crippen molar-refractivity contribution in [1.82, 2.24) is 14.8 Å². The zero-order valence-electron chi connectivity index (χ0n) is 18.4. The number of thioether (sulfide) groups is 1. The molecular formula is C23H24ClFN4O3S. The van der Waals surface area contributed by atoms with Crippen LogP contribution in [-0.4, -0.2) is 33.0 Å². The third-order valence-electron chi connectivity index (χ3n) is 4.61. The molecule has 3 aromatic rings. The summed E-state index contributed by atoms with van der Waals surface area (Å²) in [7, 11) is 1.59. The van der Waals surface area contributed by atoms with Gasteiger partial charge in [0.1, 0.15) is 17.3 Å². The first-order valence-corrected chi connectivity index (χ1v) is 11.4. The number of anilines is 1. The first-order chi connectivity index (χ1) is 15.8. The summed E-state index contributed by atoms with van der Waals surface area (Å²) in [6, 6.07) is 11.3. The maximum atomic E-state index is 13.4. The van der Waals surface area contributed by atoms with Gasteiger partial charge < -0.3 is 14.8 Å². The summed E-state index contributed by atoms with van der Waals surface area (Å²) in [6.07, 6.45) is 1.31. The monoisotopic (exact) mass is 490 g/mol. The van der Waals surface area contributed by atoms with E-state index >= 15 is 0 Å². The van der Waals surface area contributed by atoms with Crippen LogP contribution < -0.4 is 14.8 Å². The van der Waals surface area contributed by atoms with Crippen molar-refractivity contribution in [2.75, 3.05) is 12.4 Å². The van der Waals surface area contributed by atoms with Gasteiger partial charge in [-0.2, -0.15) is 0 Å². The van der Waals surface area contributed by atoms with Crippen molar-refractivity contribution in [2.24, 2.45) is 0 Å². The first kappa shape index (κ1) is 24.6. The Kier molecular flexibility index (Phi) is 8.35. The van der Waals surface area contributed by atoms with E-state index in [-0.39, 0.29) is 10.9 Å². The van der Waals surface area contributed by atoms with Gasteiger partial charge in [-0.05, 0) is 44.2 Å². The van der Waals surface area contributed by atoms with Gasteiger partial charge in [-0.1, -0.05) is 35.5 Å². The summed E-state index contributed by atoms with van der Waals surface area (Å²) < 4.78 is 26.5. The summed E-state index contributed by atoms with van der Waals surface area (Å²) in [4.78, 5) is 12.6. The number of rotatable bonds is 10. The van der Waals surface area contributed by atoms with Crippen LogP contribution in [0.4, 0.5) is 10.1 Å². The van der Waals surface area contributed by atoms with Crippen LogP contribution in [0.25, 0.3) is 0 Å². The molecule has 2 aromatic carbocycles. The van der Waals surface area contributed by atoms with Gasteiger partial charge in [-0.25, -0.2) is 4.39 Å². The summed E-state index contributed by atoms with van der Waals surface area (Å²) >= 11 is 7.03. The van der Waals surface area contributed by atoms with Gasteiger partial charge in [-0.15, -0.1) is 16.8 Å². The lowest BCUT2D eigenvalue weighted by molar-refractivity contribution is -0.115. The van der Waals surface area contributed by atoms with Gasteiger partial charge in [0, 0.05) is 18.3 Å². The topological polar surface area (TPSA) is 78.3 Å². The minimum Gasteiger partial charge on any atom is -0.497 e. The number of amides is 1. The van der Waals surface area contributed by atoms with E-state index in [4.69, 9.17) is 21.1 Å². The minimum atomic E-state index is -0.549. The van der Waals surface area contributed by atoms with Crippen molar-refractivity contribution in [3.05, 3.63) is 71.8 Å². The fourth-order valence-corrected chi connectivity index (χ4v) is 4.00. The molecule has 1 aromatic heterocycles. The summed E-state index contributed by atoms with van der Waals surface area (Å²) in [5, 5.41) is 11.3. The first-order valence-electron chi connectivity index (χ1n) is 10.1. The number of hydrogen-bond acceptors (Lipinski definition) is 6. The van der Waals surface area contributed by atoms with Crippen molar-refractivity contribution in [3.8, 4) is 11.5 Å². The normalized spacial score (nSPS) is 12.6. The molecule has 1 amide bonds. The Hall–Kier alpha value is -3.04. The van der Waals surface area contributed by atoms with E-state index < -0.39 is 17.2 Å². The Balaban J connectivity index is 1.72. The molecule has 174 valence electrons. The lowest BCUT2D eigenvalue weighted by Crippen LogP contribution is -2.23. The van der Waals surface area contributed by atoms with E-state index in [1.165, 1.54) is 30.0 Å². The van der Waals surface area contributed by atoms with Crippen LogP contribution in [0.2, 0.25) is 5.02 Å². The Morgan fingerprint density at radius 3 is 2.73 bits per heavy atom. The molecule has 1 N–H and O–H groups in total. The molecule has 7 nitrogen and oxygen atoms in total. The van der Waals surface area contributed by atoms with Crippen molar-refractivity contribution in [3.63, 3.8) is 0 Å². The molecule has 0 saturated heterocycles. The van der Waals surface area contributed by atoms with Crippen LogP contribution >= 0.6 is 23.4 Å². The summed E-state index contributed by atoms with van der Waals surface area (Å²) in [5.41, 5.74) is 0.410. The molecule has 2 unspecified atom stereocenters. The highest BCUT2D eigenvalue weighted by Gasteiger charge is 2.23. The van der Waals surface area contributed by atoms with Crippen molar-refractivity contribution >= 4 is 35.0 Å². The number of ether oxygens (including phenoxy) is 2. The molecule has 0 aliphatic heterocycles. The van der Waals surface area contributed by atoms with Gasteiger partial charge >= 0.3 is 0 Å².